The lowest BCUT2D eigenvalue weighted by atomic mass is 10.1. The minimum Gasteiger partial charge on any atom is -0.481 e. The van der Waals surface area contributed by atoms with Crippen LogP contribution in [0.4, 0.5) is 0 Å². The van der Waals surface area contributed by atoms with Crippen LogP contribution < -0.4 is 0 Å². The Bertz CT molecular complexity index is 548. The van der Waals surface area contributed by atoms with Gasteiger partial charge in [0.15, 0.2) is 0 Å². The highest BCUT2D eigenvalue weighted by Gasteiger charge is 2.10. The lowest BCUT2D eigenvalue weighted by molar-refractivity contribution is -0.135. The van der Waals surface area contributed by atoms with Crippen molar-refractivity contribution < 1.29 is 9.90 Å². The van der Waals surface area contributed by atoms with E-state index >= 15 is 0 Å². The predicted molar refractivity (Wildman–Crippen MR) is 77.4 cm³/mol. The molecular formula is C14H14O2S2. The number of aliphatic carboxylic acids is 1. The monoisotopic (exact) mass is 278 g/mol. The summed E-state index contributed by atoms with van der Waals surface area (Å²) in [5.74, 6) is -0.797. The van der Waals surface area contributed by atoms with Gasteiger partial charge in [-0.1, -0.05) is 6.08 Å². The van der Waals surface area contributed by atoms with Gasteiger partial charge in [-0.3, -0.25) is 4.79 Å². The van der Waals surface area contributed by atoms with Gasteiger partial charge in [-0.2, -0.15) is 0 Å². The second-order valence-electron chi connectivity index (χ2n) is 4.04. The highest BCUT2D eigenvalue weighted by atomic mass is 32.1. The average molecular weight is 278 g/mol. The number of thiophene rings is 2. The zero-order valence-electron chi connectivity index (χ0n) is 10.3. The number of carboxylic acid groups (broad SMARTS) is 1. The van der Waals surface area contributed by atoms with Crippen molar-refractivity contribution in [3.8, 4) is 0 Å². The van der Waals surface area contributed by atoms with Gasteiger partial charge in [0, 0.05) is 25.1 Å². The highest BCUT2D eigenvalue weighted by molar-refractivity contribution is 7.15. The summed E-state index contributed by atoms with van der Waals surface area (Å²) in [5, 5.41) is 8.83. The van der Waals surface area contributed by atoms with E-state index in [1.807, 2.05) is 0 Å². The van der Waals surface area contributed by atoms with Crippen molar-refractivity contribution in [1.29, 1.82) is 0 Å². The maximum absolute atomic E-state index is 10.7. The Morgan fingerprint density at radius 3 is 1.94 bits per heavy atom. The van der Waals surface area contributed by atoms with Gasteiger partial charge in [-0.15, -0.1) is 22.7 Å². The highest BCUT2D eigenvalue weighted by Crippen LogP contribution is 2.33. The summed E-state index contributed by atoms with van der Waals surface area (Å²) in [5.41, 5.74) is 1.04. The van der Waals surface area contributed by atoms with Crippen molar-refractivity contribution >= 4 is 34.2 Å². The molecular weight excluding hydrogens is 264 g/mol. The van der Waals surface area contributed by atoms with Gasteiger partial charge in [0.2, 0.25) is 0 Å². The Labute approximate surface area is 114 Å². The summed E-state index contributed by atoms with van der Waals surface area (Å²) in [4.78, 5) is 15.5. The lowest BCUT2D eigenvalue weighted by Gasteiger charge is -2.01. The molecule has 0 unspecified atom stereocenters. The molecule has 0 amide bonds. The number of aryl methyl sites for hydroxylation is 2. The summed E-state index contributed by atoms with van der Waals surface area (Å²) >= 11 is 3.39. The maximum atomic E-state index is 10.7. The Hall–Kier alpha value is -1.39. The number of rotatable bonds is 4. The lowest BCUT2D eigenvalue weighted by Crippen LogP contribution is -1.92. The first-order chi connectivity index (χ1) is 8.56. The molecule has 1 N–H and O–H groups in total. The van der Waals surface area contributed by atoms with Crippen molar-refractivity contribution in [3.63, 3.8) is 0 Å². The molecule has 0 aliphatic carbocycles. The van der Waals surface area contributed by atoms with Crippen LogP contribution in [0.25, 0.3) is 5.57 Å². The molecule has 0 saturated carbocycles. The molecule has 2 heterocycles. The van der Waals surface area contributed by atoms with E-state index in [2.05, 4.69) is 38.1 Å². The molecule has 0 fully saturated rings. The number of hydrogen-bond donors (Lipinski definition) is 1. The summed E-state index contributed by atoms with van der Waals surface area (Å²) in [6, 6.07) is 8.25. The summed E-state index contributed by atoms with van der Waals surface area (Å²) in [7, 11) is 0. The SMILES string of the molecule is Cc1ccc(C(=CCC(=O)O)c2ccc(C)s2)s1. The van der Waals surface area contributed by atoms with E-state index < -0.39 is 5.97 Å². The van der Waals surface area contributed by atoms with Crippen molar-refractivity contribution in [3.05, 3.63) is 49.9 Å². The molecule has 0 aliphatic heterocycles. The molecule has 0 atom stereocenters. The Kier molecular flexibility index (Phi) is 3.99. The first kappa shape index (κ1) is 13.1. The van der Waals surface area contributed by atoms with Crippen LogP contribution in [0.2, 0.25) is 0 Å². The zero-order valence-corrected chi connectivity index (χ0v) is 11.9. The van der Waals surface area contributed by atoms with E-state index in [0.29, 0.717) is 0 Å². The fourth-order valence-corrected chi connectivity index (χ4v) is 3.58. The van der Waals surface area contributed by atoms with E-state index in [4.69, 9.17) is 5.11 Å². The summed E-state index contributed by atoms with van der Waals surface area (Å²) in [6.07, 6.45) is 1.86. The van der Waals surface area contributed by atoms with Crippen molar-refractivity contribution in [2.75, 3.05) is 0 Å². The van der Waals surface area contributed by atoms with E-state index in [-0.39, 0.29) is 6.42 Å². The first-order valence-electron chi connectivity index (χ1n) is 5.62. The van der Waals surface area contributed by atoms with E-state index in [0.717, 1.165) is 15.3 Å². The zero-order chi connectivity index (χ0) is 13.1. The summed E-state index contributed by atoms with van der Waals surface area (Å²) < 4.78 is 0. The molecule has 2 aromatic heterocycles. The first-order valence-corrected chi connectivity index (χ1v) is 7.25. The molecule has 2 rings (SSSR count). The third kappa shape index (κ3) is 3.09. The van der Waals surface area contributed by atoms with Crippen molar-refractivity contribution in [2.45, 2.75) is 20.3 Å². The Balaban J connectivity index is 2.40. The standard InChI is InChI=1S/C14H14O2S2/c1-9-3-6-12(17-9)11(5-8-14(15)16)13-7-4-10(2)18-13/h3-7H,8H2,1-2H3,(H,15,16). The smallest absolute Gasteiger partial charge is 0.307 e. The van der Waals surface area contributed by atoms with Crippen LogP contribution in [0.3, 0.4) is 0 Å². The van der Waals surface area contributed by atoms with Gasteiger partial charge < -0.3 is 5.11 Å². The average Bonchev–Trinajstić information content (AvgIpc) is 2.89. The fourth-order valence-electron chi connectivity index (χ4n) is 1.67. The van der Waals surface area contributed by atoms with Gasteiger partial charge in [-0.25, -0.2) is 0 Å². The normalized spacial score (nSPS) is 10.3. The molecule has 2 nitrogen and oxygen atoms in total. The minimum atomic E-state index is -0.797. The molecule has 0 bridgehead atoms. The Morgan fingerprint density at radius 1 is 1.11 bits per heavy atom. The maximum Gasteiger partial charge on any atom is 0.307 e. The molecule has 0 aliphatic rings. The fraction of sp³-hybridized carbons (Fsp3) is 0.214. The predicted octanol–water partition coefficient (Wildman–Crippen LogP) is 4.33. The Morgan fingerprint density at radius 2 is 1.61 bits per heavy atom. The van der Waals surface area contributed by atoms with Crippen molar-refractivity contribution in [1.82, 2.24) is 0 Å². The molecule has 0 spiro atoms. The largest absolute Gasteiger partial charge is 0.481 e. The van der Waals surface area contributed by atoms with Crippen LogP contribution in [-0.2, 0) is 4.79 Å². The molecule has 94 valence electrons. The van der Waals surface area contributed by atoms with E-state index in [1.54, 1.807) is 28.7 Å². The van der Waals surface area contributed by atoms with Gasteiger partial charge in [0.1, 0.15) is 0 Å². The van der Waals surface area contributed by atoms with E-state index in [1.165, 1.54) is 9.75 Å². The van der Waals surface area contributed by atoms with Crippen LogP contribution in [0.5, 0.6) is 0 Å². The van der Waals surface area contributed by atoms with Crippen LogP contribution in [0.15, 0.2) is 30.3 Å². The van der Waals surface area contributed by atoms with Gasteiger partial charge >= 0.3 is 5.97 Å². The molecule has 2 aromatic rings. The summed E-state index contributed by atoms with van der Waals surface area (Å²) in [6.45, 7) is 4.12. The molecule has 0 saturated heterocycles. The van der Waals surface area contributed by atoms with Crippen LogP contribution in [-0.4, -0.2) is 11.1 Å². The van der Waals surface area contributed by atoms with Gasteiger partial charge in [0.05, 0.1) is 6.42 Å². The number of carbonyl (C=O) groups is 1. The molecule has 18 heavy (non-hydrogen) atoms. The van der Waals surface area contributed by atoms with Gasteiger partial charge in [-0.05, 0) is 38.1 Å². The molecule has 0 aromatic carbocycles. The molecule has 4 heteroatoms. The van der Waals surface area contributed by atoms with Crippen LogP contribution in [0.1, 0.15) is 25.9 Å². The quantitative estimate of drug-likeness (QED) is 0.903. The topological polar surface area (TPSA) is 37.3 Å². The number of hydrogen-bond acceptors (Lipinski definition) is 3. The van der Waals surface area contributed by atoms with Crippen LogP contribution in [0, 0.1) is 13.8 Å². The van der Waals surface area contributed by atoms with Gasteiger partial charge in [0.25, 0.3) is 0 Å². The number of carboxylic acids is 1. The van der Waals surface area contributed by atoms with Crippen LogP contribution >= 0.6 is 22.7 Å². The van der Waals surface area contributed by atoms with Crippen molar-refractivity contribution in [2.24, 2.45) is 0 Å². The third-order valence-corrected chi connectivity index (χ3v) is 4.56. The molecule has 0 radical (unpaired) electrons. The van der Waals surface area contributed by atoms with E-state index in [9.17, 15) is 4.79 Å². The second kappa shape index (κ2) is 5.50. The third-order valence-electron chi connectivity index (χ3n) is 2.49. The second-order valence-corrected chi connectivity index (χ2v) is 6.61. The minimum absolute atomic E-state index is 0.0588.